The van der Waals surface area contributed by atoms with E-state index < -0.39 is 5.41 Å². The molecule has 4 nitrogen and oxygen atoms in total. The van der Waals surface area contributed by atoms with Gasteiger partial charge < -0.3 is 10.6 Å². The maximum atomic E-state index is 12.9. The zero-order valence-electron chi connectivity index (χ0n) is 13.2. The first-order valence-electron chi connectivity index (χ1n) is 7.95. The predicted octanol–water partition coefficient (Wildman–Crippen LogP) is 2.54. The number of carbonyl (C=O) groups is 2. The lowest BCUT2D eigenvalue weighted by Gasteiger charge is -2.15. The molecule has 5 heteroatoms. The lowest BCUT2D eigenvalue weighted by molar-refractivity contribution is -0.137. The number of benzene rings is 2. The first-order chi connectivity index (χ1) is 11.6. The van der Waals surface area contributed by atoms with Crippen molar-refractivity contribution >= 4 is 11.8 Å². The van der Waals surface area contributed by atoms with Gasteiger partial charge in [0.2, 0.25) is 11.8 Å². The molecule has 0 heterocycles. The average Bonchev–Trinajstić information content (AvgIpc) is 3.42. The number of nitrogens with one attached hydrogen (secondary N) is 2. The molecule has 1 aliphatic carbocycles. The van der Waals surface area contributed by atoms with Crippen LogP contribution >= 0.6 is 0 Å². The summed E-state index contributed by atoms with van der Waals surface area (Å²) < 4.78 is 12.9. The predicted molar refractivity (Wildman–Crippen MR) is 88.2 cm³/mol. The summed E-state index contributed by atoms with van der Waals surface area (Å²) >= 11 is 0. The molecule has 0 radical (unpaired) electrons. The van der Waals surface area contributed by atoms with Crippen molar-refractivity contribution in [3.8, 4) is 0 Å². The third kappa shape index (κ3) is 3.62. The van der Waals surface area contributed by atoms with Gasteiger partial charge in [0.15, 0.2) is 0 Å². The van der Waals surface area contributed by atoms with Crippen LogP contribution in [-0.4, -0.2) is 11.8 Å². The molecule has 2 amide bonds. The van der Waals surface area contributed by atoms with E-state index in [1.54, 1.807) is 12.1 Å². The molecular weight excluding hydrogens is 307 g/mol. The minimum Gasteiger partial charge on any atom is -0.351 e. The highest BCUT2D eigenvalue weighted by Gasteiger charge is 2.56. The number of amides is 2. The third-order valence-electron chi connectivity index (χ3n) is 4.28. The van der Waals surface area contributed by atoms with Crippen molar-refractivity contribution < 1.29 is 14.0 Å². The molecule has 1 aliphatic rings. The number of carbonyl (C=O) groups excluding carboxylic acids is 2. The molecule has 2 aromatic carbocycles. The summed E-state index contributed by atoms with van der Waals surface area (Å²) in [7, 11) is 0. The topological polar surface area (TPSA) is 58.2 Å². The Labute approximate surface area is 140 Å². The van der Waals surface area contributed by atoms with Gasteiger partial charge in [0.25, 0.3) is 0 Å². The Kier molecular flexibility index (Phi) is 4.60. The fourth-order valence-corrected chi connectivity index (χ4v) is 2.58. The Hall–Kier alpha value is -2.69. The van der Waals surface area contributed by atoms with Gasteiger partial charge >= 0.3 is 0 Å². The highest BCUT2D eigenvalue weighted by atomic mass is 19.1. The maximum Gasteiger partial charge on any atom is 0.235 e. The molecule has 1 fully saturated rings. The van der Waals surface area contributed by atoms with Crippen LogP contribution in [0, 0.1) is 11.2 Å². The summed E-state index contributed by atoms with van der Waals surface area (Å²) in [4.78, 5) is 24.8. The lowest BCUT2D eigenvalue weighted by atomic mass is 10.0. The Balaban J connectivity index is 1.53. The summed E-state index contributed by atoms with van der Waals surface area (Å²) in [5, 5.41) is 5.62. The zero-order chi connectivity index (χ0) is 17.0. The largest absolute Gasteiger partial charge is 0.351 e. The van der Waals surface area contributed by atoms with Gasteiger partial charge in [-0.05, 0) is 36.1 Å². The van der Waals surface area contributed by atoms with E-state index in [1.165, 1.54) is 12.1 Å². The van der Waals surface area contributed by atoms with Crippen LogP contribution in [-0.2, 0) is 22.7 Å². The fourth-order valence-electron chi connectivity index (χ4n) is 2.58. The molecule has 0 saturated heterocycles. The minimum absolute atomic E-state index is 0.233. The fraction of sp³-hybridized carbons (Fsp3) is 0.263. The number of hydrogen-bond acceptors (Lipinski definition) is 2. The van der Waals surface area contributed by atoms with Crippen LogP contribution in [0.1, 0.15) is 24.0 Å². The first-order valence-corrected chi connectivity index (χ1v) is 7.95. The molecule has 0 bridgehead atoms. The van der Waals surface area contributed by atoms with Gasteiger partial charge in [-0.1, -0.05) is 42.5 Å². The Morgan fingerprint density at radius 2 is 1.33 bits per heavy atom. The first kappa shape index (κ1) is 16.2. The molecule has 0 spiro atoms. The van der Waals surface area contributed by atoms with E-state index >= 15 is 0 Å². The van der Waals surface area contributed by atoms with Crippen LogP contribution in [0.4, 0.5) is 4.39 Å². The van der Waals surface area contributed by atoms with Gasteiger partial charge in [-0.15, -0.1) is 0 Å². The van der Waals surface area contributed by atoms with Crippen LogP contribution in [0.15, 0.2) is 54.6 Å². The van der Waals surface area contributed by atoms with Gasteiger partial charge in [-0.25, -0.2) is 4.39 Å². The van der Waals surface area contributed by atoms with Crippen LogP contribution in [0.25, 0.3) is 0 Å². The lowest BCUT2D eigenvalue weighted by Crippen LogP contribution is -2.42. The average molecular weight is 326 g/mol. The SMILES string of the molecule is O=C(NCc1ccccc1)C1(C(=O)NCc2ccc(F)cc2)CC1. The number of halogens is 1. The summed E-state index contributed by atoms with van der Waals surface area (Å²) in [6.07, 6.45) is 1.12. The zero-order valence-corrected chi connectivity index (χ0v) is 13.2. The van der Waals surface area contributed by atoms with E-state index in [0.717, 1.165) is 11.1 Å². The molecule has 2 aromatic rings. The molecule has 2 N–H and O–H groups in total. The van der Waals surface area contributed by atoms with E-state index in [4.69, 9.17) is 0 Å². The van der Waals surface area contributed by atoms with Crippen molar-refractivity contribution in [2.45, 2.75) is 25.9 Å². The Morgan fingerprint density at radius 1 is 0.833 bits per heavy atom. The van der Waals surface area contributed by atoms with E-state index in [0.29, 0.717) is 19.4 Å². The molecule has 0 unspecified atom stereocenters. The minimum atomic E-state index is -0.950. The van der Waals surface area contributed by atoms with E-state index in [-0.39, 0.29) is 24.2 Å². The monoisotopic (exact) mass is 326 g/mol. The maximum absolute atomic E-state index is 12.9. The second-order valence-corrected chi connectivity index (χ2v) is 6.06. The molecule has 0 aromatic heterocycles. The normalized spacial score (nSPS) is 14.7. The van der Waals surface area contributed by atoms with Crippen molar-refractivity contribution in [2.75, 3.05) is 0 Å². The molecular formula is C19H19FN2O2. The van der Waals surface area contributed by atoms with Gasteiger partial charge in [-0.3, -0.25) is 9.59 Å². The van der Waals surface area contributed by atoms with E-state index in [9.17, 15) is 14.0 Å². The van der Waals surface area contributed by atoms with E-state index in [1.807, 2.05) is 30.3 Å². The van der Waals surface area contributed by atoms with Crippen molar-refractivity contribution in [2.24, 2.45) is 5.41 Å². The third-order valence-corrected chi connectivity index (χ3v) is 4.28. The molecule has 124 valence electrons. The van der Waals surface area contributed by atoms with Crippen LogP contribution < -0.4 is 10.6 Å². The molecule has 24 heavy (non-hydrogen) atoms. The van der Waals surface area contributed by atoms with E-state index in [2.05, 4.69) is 10.6 Å². The smallest absolute Gasteiger partial charge is 0.235 e. The number of hydrogen-bond donors (Lipinski definition) is 2. The van der Waals surface area contributed by atoms with Crippen molar-refractivity contribution in [1.82, 2.24) is 10.6 Å². The summed E-state index contributed by atoms with van der Waals surface area (Å²) in [6, 6.07) is 15.5. The molecule has 1 saturated carbocycles. The Morgan fingerprint density at radius 3 is 1.83 bits per heavy atom. The van der Waals surface area contributed by atoms with Crippen molar-refractivity contribution in [3.05, 3.63) is 71.5 Å². The van der Waals surface area contributed by atoms with Crippen LogP contribution in [0.5, 0.6) is 0 Å². The second-order valence-electron chi connectivity index (χ2n) is 6.06. The van der Waals surface area contributed by atoms with Gasteiger partial charge in [0.1, 0.15) is 11.2 Å². The Bertz CT molecular complexity index is 725. The van der Waals surface area contributed by atoms with Gasteiger partial charge in [0.05, 0.1) is 0 Å². The van der Waals surface area contributed by atoms with Crippen LogP contribution in [0.3, 0.4) is 0 Å². The van der Waals surface area contributed by atoms with Crippen molar-refractivity contribution in [1.29, 1.82) is 0 Å². The molecule has 0 aliphatic heterocycles. The number of rotatable bonds is 6. The quantitative estimate of drug-likeness (QED) is 0.802. The highest BCUT2D eigenvalue weighted by Crippen LogP contribution is 2.46. The summed E-state index contributed by atoms with van der Waals surface area (Å²) in [5.74, 6) is -0.815. The highest BCUT2D eigenvalue weighted by molar-refractivity contribution is 6.07. The van der Waals surface area contributed by atoms with Crippen LogP contribution in [0.2, 0.25) is 0 Å². The van der Waals surface area contributed by atoms with Gasteiger partial charge in [0, 0.05) is 13.1 Å². The summed E-state index contributed by atoms with van der Waals surface area (Å²) in [6.45, 7) is 0.694. The summed E-state index contributed by atoms with van der Waals surface area (Å²) in [5.41, 5.74) is 0.841. The van der Waals surface area contributed by atoms with Gasteiger partial charge in [-0.2, -0.15) is 0 Å². The second kappa shape index (κ2) is 6.83. The van der Waals surface area contributed by atoms with Crippen molar-refractivity contribution in [3.63, 3.8) is 0 Å². The standard InChI is InChI=1S/C19H19FN2O2/c20-16-8-6-15(7-9-16)13-22-18(24)19(10-11-19)17(23)21-12-14-4-2-1-3-5-14/h1-9H,10-13H2,(H,21,23)(H,22,24). The molecule has 3 rings (SSSR count). The molecule has 0 atom stereocenters.